The Morgan fingerprint density at radius 3 is 2.65 bits per heavy atom. The molecule has 0 aliphatic heterocycles. The summed E-state index contributed by atoms with van der Waals surface area (Å²) in [6.07, 6.45) is 0.501. The second kappa shape index (κ2) is 6.40. The molecule has 0 spiro atoms. The predicted octanol–water partition coefficient (Wildman–Crippen LogP) is 1.90. The number of carbonyl (C=O) groups is 1. The first-order valence-electron chi connectivity index (χ1n) is 6.05. The monoisotopic (exact) mass is 234 g/mol. The van der Waals surface area contributed by atoms with Gasteiger partial charge in [-0.05, 0) is 43.0 Å². The van der Waals surface area contributed by atoms with E-state index in [1.165, 1.54) is 11.1 Å². The van der Waals surface area contributed by atoms with Gasteiger partial charge in [-0.15, -0.1) is 0 Å². The summed E-state index contributed by atoms with van der Waals surface area (Å²) in [6.45, 7) is 7.29. The molecule has 1 rings (SSSR count). The molecule has 1 aromatic carbocycles. The van der Waals surface area contributed by atoms with E-state index in [4.69, 9.17) is 5.73 Å². The maximum absolute atomic E-state index is 11.6. The molecule has 0 aromatic heterocycles. The summed E-state index contributed by atoms with van der Waals surface area (Å²) in [5, 5.41) is 2.92. The summed E-state index contributed by atoms with van der Waals surface area (Å²) in [7, 11) is 0. The van der Waals surface area contributed by atoms with Crippen molar-refractivity contribution in [2.24, 2.45) is 11.7 Å². The summed E-state index contributed by atoms with van der Waals surface area (Å²) in [5.74, 6) is 0.316. The van der Waals surface area contributed by atoms with E-state index in [0.717, 1.165) is 5.56 Å². The van der Waals surface area contributed by atoms with Gasteiger partial charge in [-0.1, -0.05) is 25.1 Å². The van der Waals surface area contributed by atoms with Crippen molar-refractivity contribution >= 4 is 5.91 Å². The topological polar surface area (TPSA) is 55.1 Å². The van der Waals surface area contributed by atoms with Crippen LogP contribution in [-0.2, 0) is 11.3 Å². The Morgan fingerprint density at radius 2 is 2.06 bits per heavy atom. The minimum Gasteiger partial charge on any atom is -0.352 e. The van der Waals surface area contributed by atoms with Crippen LogP contribution in [0.5, 0.6) is 0 Å². The Bertz CT molecular complexity index is 388. The van der Waals surface area contributed by atoms with E-state index in [1.54, 1.807) is 0 Å². The molecule has 0 saturated heterocycles. The van der Waals surface area contributed by atoms with Crippen molar-refractivity contribution in [2.75, 3.05) is 6.54 Å². The number of hydrogen-bond donors (Lipinski definition) is 2. The zero-order chi connectivity index (χ0) is 12.8. The third-order valence-electron chi connectivity index (χ3n) is 3.00. The summed E-state index contributed by atoms with van der Waals surface area (Å²) in [5.41, 5.74) is 9.16. The van der Waals surface area contributed by atoms with Crippen LogP contribution in [0.2, 0.25) is 0 Å². The van der Waals surface area contributed by atoms with Crippen LogP contribution in [0.1, 0.15) is 30.0 Å². The minimum atomic E-state index is 0.0705. The molecule has 1 unspecified atom stereocenters. The second-order valence-corrected chi connectivity index (χ2v) is 4.74. The number of carbonyl (C=O) groups excluding carboxylic acids is 1. The molecule has 0 saturated carbocycles. The fourth-order valence-electron chi connectivity index (χ4n) is 1.59. The molecule has 0 radical (unpaired) electrons. The normalized spacial score (nSPS) is 12.2. The zero-order valence-electron chi connectivity index (χ0n) is 10.9. The predicted molar refractivity (Wildman–Crippen MR) is 70.6 cm³/mol. The van der Waals surface area contributed by atoms with Gasteiger partial charge in [0.05, 0.1) is 0 Å². The first-order chi connectivity index (χ1) is 8.02. The molecular weight excluding hydrogens is 212 g/mol. The van der Waals surface area contributed by atoms with Crippen LogP contribution in [0.25, 0.3) is 0 Å². The Hall–Kier alpha value is -1.35. The van der Waals surface area contributed by atoms with Gasteiger partial charge in [-0.2, -0.15) is 0 Å². The van der Waals surface area contributed by atoms with Crippen LogP contribution in [0.15, 0.2) is 18.2 Å². The molecule has 17 heavy (non-hydrogen) atoms. The molecule has 3 nitrogen and oxygen atoms in total. The van der Waals surface area contributed by atoms with E-state index < -0.39 is 0 Å². The smallest absolute Gasteiger partial charge is 0.220 e. The average molecular weight is 234 g/mol. The molecule has 0 bridgehead atoms. The standard InChI is InChI=1S/C14H22N2O/c1-10(8-15)6-14(17)16-9-13-5-4-11(2)12(3)7-13/h4-5,7,10H,6,8-9,15H2,1-3H3,(H,16,17). The van der Waals surface area contributed by atoms with E-state index in [9.17, 15) is 4.79 Å². The average Bonchev–Trinajstić information content (AvgIpc) is 2.30. The van der Waals surface area contributed by atoms with Gasteiger partial charge in [0.2, 0.25) is 5.91 Å². The fraction of sp³-hybridized carbons (Fsp3) is 0.500. The van der Waals surface area contributed by atoms with E-state index in [2.05, 4.69) is 37.4 Å². The Morgan fingerprint density at radius 1 is 1.35 bits per heavy atom. The number of aryl methyl sites for hydroxylation is 2. The molecule has 1 atom stereocenters. The molecule has 0 aliphatic carbocycles. The van der Waals surface area contributed by atoms with Crippen molar-refractivity contribution in [3.63, 3.8) is 0 Å². The Kier molecular flexibility index (Phi) is 5.16. The highest BCUT2D eigenvalue weighted by Gasteiger charge is 2.07. The highest BCUT2D eigenvalue weighted by molar-refractivity contribution is 5.76. The Labute approximate surface area is 103 Å². The van der Waals surface area contributed by atoms with Gasteiger partial charge in [0.25, 0.3) is 0 Å². The third-order valence-corrected chi connectivity index (χ3v) is 3.00. The molecule has 94 valence electrons. The SMILES string of the molecule is Cc1ccc(CNC(=O)CC(C)CN)cc1C. The third kappa shape index (κ3) is 4.57. The number of rotatable bonds is 5. The maximum Gasteiger partial charge on any atom is 0.220 e. The van der Waals surface area contributed by atoms with Crippen LogP contribution in [0, 0.1) is 19.8 Å². The molecule has 0 heterocycles. The summed E-state index contributed by atoms with van der Waals surface area (Å²) in [6, 6.07) is 6.25. The van der Waals surface area contributed by atoms with Crippen molar-refractivity contribution in [1.82, 2.24) is 5.32 Å². The number of amides is 1. The van der Waals surface area contributed by atoms with Crippen molar-refractivity contribution in [2.45, 2.75) is 33.7 Å². The first-order valence-corrected chi connectivity index (χ1v) is 6.05. The van der Waals surface area contributed by atoms with Gasteiger partial charge in [-0.3, -0.25) is 4.79 Å². The van der Waals surface area contributed by atoms with Crippen LogP contribution in [-0.4, -0.2) is 12.5 Å². The molecule has 0 fully saturated rings. The zero-order valence-corrected chi connectivity index (χ0v) is 10.9. The second-order valence-electron chi connectivity index (χ2n) is 4.74. The van der Waals surface area contributed by atoms with E-state index >= 15 is 0 Å². The van der Waals surface area contributed by atoms with Crippen molar-refractivity contribution in [1.29, 1.82) is 0 Å². The molecule has 3 N–H and O–H groups in total. The number of nitrogens with two attached hydrogens (primary N) is 1. The molecular formula is C14H22N2O. The highest BCUT2D eigenvalue weighted by atomic mass is 16.1. The molecule has 1 aromatic rings. The summed E-state index contributed by atoms with van der Waals surface area (Å²) < 4.78 is 0. The van der Waals surface area contributed by atoms with Gasteiger partial charge >= 0.3 is 0 Å². The number of benzene rings is 1. The maximum atomic E-state index is 11.6. The van der Waals surface area contributed by atoms with Gasteiger partial charge in [-0.25, -0.2) is 0 Å². The number of nitrogens with one attached hydrogen (secondary N) is 1. The van der Waals surface area contributed by atoms with E-state index in [0.29, 0.717) is 19.5 Å². The first kappa shape index (κ1) is 13.7. The van der Waals surface area contributed by atoms with Gasteiger partial charge in [0.1, 0.15) is 0 Å². The lowest BCUT2D eigenvalue weighted by Gasteiger charge is -2.10. The highest BCUT2D eigenvalue weighted by Crippen LogP contribution is 2.09. The van der Waals surface area contributed by atoms with Crippen LogP contribution < -0.4 is 11.1 Å². The summed E-state index contributed by atoms with van der Waals surface area (Å²) >= 11 is 0. The minimum absolute atomic E-state index is 0.0705. The Balaban J connectivity index is 2.45. The van der Waals surface area contributed by atoms with Gasteiger partial charge < -0.3 is 11.1 Å². The quantitative estimate of drug-likeness (QED) is 0.817. The molecule has 0 aliphatic rings. The lowest BCUT2D eigenvalue weighted by molar-refractivity contribution is -0.122. The summed E-state index contributed by atoms with van der Waals surface area (Å²) in [4.78, 5) is 11.6. The van der Waals surface area contributed by atoms with Crippen molar-refractivity contribution < 1.29 is 4.79 Å². The van der Waals surface area contributed by atoms with Crippen LogP contribution >= 0.6 is 0 Å². The van der Waals surface area contributed by atoms with E-state index in [1.807, 2.05) is 6.92 Å². The van der Waals surface area contributed by atoms with Crippen LogP contribution in [0.3, 0.4) is 0 Å². The lowest BCUT2D eigenvalue weighted by atomic mass is 10.1. The van der Waals surface area contributed by atoms with Crippen molar-refractivity contribution in [3.05, 3.63) is 34.9 Å². The van der Waals surface area contributed by atoms with Gasteiger partial charge in [0, 0.05) is 13.0 Å². The van der Waals surface area contributed by atoms with Gasteiger partial charge in [0.15, 0.2) is 0 Å². The van der Waals surface area contributed by atoms with Crippen molar-refractivity contribution in [3.8, 4) is 0 Å². The lowest BCUT2D eigenvalue weighted by Crippen LogP contribution is -2.26. The van der Waals surface area contributed by atoms with Crippen LogP contribution in [0.4, 0.5) is 0 Å². The molecule has 3 heteroatoms. The fourth-order valence-corrected chi connectivity index (χ4v) is 1.59. The molecule has 1 amide bonds. The largest absolute Gasteiger partial charge is 0.352 e. The number of hydrogen-bond acceptors (Lipinski definition) is 2. The van der Waals surface area contributed by atoms with E-state index in [-0.39, 0.29) is 11.8 Å².